The van der Waals surface area contributed by atoms with Crippen molar-refractivity contribution in [3.63, 3.8) is 0 Å². The monoisotopic (exact) mass is 342 g/mol. The lowest BCUT2D eigenvalue weighted by molar-refractivity contribution is 0.0995. The molecule has 0 aromatic heterocycles. The summed E-state index contributed by atoms with van der Waals surface area (Å²) in [5, 5.41) is 14.9. The number of rotatable bonds is 6. The van der Waals surface area contributed by atoms with Crippen LogP contribution in [0.25, 0.3) is 0 Å². The fourth-order valence-electron chi connectivity index (χ4n) is 2.91. The van der Waals surface area contributed by atoms with Crippen molar-refractivity contribution in [3.8, 4) is 0 Å². The highest BCUT2D eigenvalue weighted by Gasteiger charge is 2.31. The first kappa shape index (κ1) is 18.6. The van der Waals surface area contributed by atoms with E-state index in [0.29, 0.717) is 31.6 Å². The molecule has 2 rings (SSSR count). The molecule has 134 valence electrons. The Kier molecular flexibility index (Phi) is 6.51. The van der Waals surface area contributed by atoms with E-state index in [-0.39, 0.29) is 18.0 Å². The summed E-state index contributed by atoms with van der Waals surface area (Å²) in [6.07, 6.45) is 0.288. The molecule has 0 saturated carbocycles. The Balaban J connectivity index is 1.88. The fraction of sp³-hybridized carbons (Fsp3) is 0.588. The summed E-state index contributed by atoms with van der Waals surface area (Å²) < 4.78 is 32.0. The van der Waals surface area contributed by atoms with E-state index in [1.165, 1.54) is 6.07 Å². The number of amides is 2. The third kappa shape index (κ3) is 5.14. The summed E-state index contributed by atoms with van der Waals surface area (Å²) >= 11 is 0. The maximum atomic E-state index is 13.4. The number of carbonyl (C=O) groups is 1. The van der Waals surface area contributed by atoms with Gasteiger partial charge in [-0.15, -0.1) is 0 Å². The quantitative estimate of drug-likeness (QED) is 0.744. The summed E-state index contributed by atoms with van der Waals surface area (Å²) in [4.78, 5) is 12.0. The summed E-state index contributed by atoms with van der Waals surface area (Å²) in [6.45, 7) is 4.53. The molecule has 1 aliphatic rings. The van der Waals surface area contributed by atoms with Gasteiger partial charge < -0.3 is 20.5 Å². The van der Waals surface area contributed by atoms with Crippen molar-refractivity contribution in [2.24, 2.45) is 5.92 Å². The average molecular weight is 342 g/mol. The molecule has 5 nitrogen and oxygen atoms in total. The van der Waals surface area contributed by atoms with E-state index >= 15 is 0 Å². The number of benzene rings is 1. The molecule has 1 aliphatic heterocycles. The van der Waals surface area contributed by atoms with Gasteiger partial charge in [0.25, 0.3) is 0 Å². The van der Waals surface area contributed by atoms with Crippen LogP contribution in [0, 0.1) is 17.6 Å². The summed E-state index contributed by atoms with van der Waals surface area (Å²) in [6, 6.07) is 2.98. The van der Waals surface area contributed by atoms with Crippen LogP contribution in [-0.4, -0.2) is 36.4 Å². The number of nitrogens with one attached hydrogen (secondary N) is 2. The topological polar surface area (TPSA) is 70.6 Å². The smallest absolute Gasteiger partial charge is 0.315 e. The Bertz CT molecular complexity index is 569. The first-order valence-corrected chi connectivity index (χ1v) is 8.15. The van der Waals surface area contributed by atoms with Gasteiger partial charge in [0.05, 0.1) is 12.1 Å². The van der Waals surface area contributed by atoms with E-state index < -0.39 is 23.8 Å². The fourth-order valence-corrected chi connectivity index (χ4v) is 2.91. The normalized spacial score (nSPS) is 22.9. The van der Waals surface area contributed by atoms with Crippen molar-refractivity contribution in [1.29, 1.82) is 0 Å². The van der Waals surface area contributed by atoms with Crippen molar-refractivity contribution in [3.05, 3.63) is 35.4 Å². The van der Waals surface area contributed by atoms with Crippen molar-refractivity contribution in [1.82, 2.24) is 10.6 Å². The van der Waals surface area contributed by atoms with Gasteiger partial charge >= 0.3 is 6.03 Å². The first-order valence-electron chi connectivity index (χ1n) is 8.15. The van der Waals surface area contributed by atoms with Crippen molar-refractivity contribution >= 4 is 6.03 Å². The maximum absolute atomic E-state index is 13.4. The predicted octanol–water partition coefficient (Wildman–Crippen LogP) is 2.50. The van der Waals surface area contributed by atoms with Crippen LogP contribution in [0.2, 0.25) is 0 Å². The van der Waals surface area contributed by atoms with Crippen LogP contribution < -0.4 is 10.6 Å². The van der Waals surface area contributed by atoms with Gasteiger partial charge in [-0.05, 0) is 43.4 Å². The number of aliphatic hydroxyl groups excluding tert-OH is 1. The molecule has 0 spiro atoms. The molecule has 4 atom stereocenters. The standard InChI is InChI=1S/C17H24F2N2O3/c1-10(7-11(2)22)9-20-17(23)21-15-5-6-24-16(15)12-3-4-13(18)14(19)8-12/h3-4,8,10-11,15-16,22H,5-7,9H2,1-2H3,(H2,20,21,23). The van der Waals surface area contributed by atoms with E-state index in [0.717, 1.165) is 12.1 Å². The Hall–Kier alpha value is -1.73. The van der Waals surface area contributed by atoms with E-state index in [9.17, 15) is 18.7 Å². The van der Waals surface area contributed by atoms with E-state index in [1.54, 1.807) is 6.92 Å². The third-order valence-electron chi connectivity index (χ3n) is 4.03. The van der Waals surface area contributed by atoms with Gasteiger partial charge in [0, 0.05) is 13.2 Å². The van der Waals surface area contributed by atoms with Crippen molar-refractivity contribution in [2.45, 2.75) is 44.9 Å². The number of hydrogen-bond acceptors (Lipinski definition) is 3. The van der Waals surface area contributed by atoms with Gasteiger partial charge in [0.1, 0.15) is 6.10 Å². The third-order valence-corrected chi connectivity index (χ3v) is 4.03. The number of hydrogen-bond donors (Lipinski definition) is 3. The van der Waals surface area contributed by atoms with Gasteiger partial charge in [-0.1, -0.05) is 13.0 Å². The molecule has 3 N–H and O–H groups in total. The lowest BCUT2D eigenvalue weighted by atomic mass is 10.0. The van der Waals surface area contributed by atoms with Crippen LogP contribution >= 0.6 is 0 Å². The molecule has 1 aromatic rings. The summed E-state index contributed by atoms with van der Waals surface area (Å²) in [5.41, 5.74) is 0.499. The first-order chi connectivity index (χ1) is 11.4. The van der Waals surface area contributed by atoms with Gasteiger partial charge in [-0.25, -0.2) is 13.6 Å². The molecule has 4 unspecified atom stereocenters. The maximum Gasteiger partial charge on any atom is 0.315 e. The molecule has 0 radical (unpaired) electrons. The van der Waals surface area contributed by atoms with Gasteiger partial charge in [-0.3, -0.25) is 0 Å². The molecule has 1 saturated heterocycles. The van der Waals surface area contributed by atoms with Crippen molar-refractivity contribution in [2.75, 3.05) is 13.2 Å². The van der Waals surface area contributed by atoms with E-state index in [2.05, 4.69) is 10.6 Å². The van der Waals surface area contributed by atoms with Crippen LogP contribution in [0.15, 0.2) is 18.2 Å². The molecule has 1 aromatic carbocycles. The molecule has 2 amide bonds. The average Bonchev–Trinajstić information content (AvgIpc) is 2.95. The van der Waals surface area contributed by atoms with E-state index in [1.807, 2.05) is 6.92 Å². The minimum atomic E-state index is -0.932. The lowest BCUT2D eigenvalue weighted by Crippen LogP contribution is -2.44. The lowest BCUT2D eigenvalue weighted by Gasteiger charge is -2.21. The van der Waals surface area contributed by atoms with Crippen LogP contribution in [0.4, 0.5) is 13.6 Å². The molecule has 1 fully saturated rings. The van der Waals surface area contributed by atoms with Crippen LogP contribution in [-0.2, 0) is 4.74 Å². The molecule has 7 heteroatoms. The molecule has 0 aliphatic carbocycles. The van der Waals surface area contributed by atoms with Gasteiger partial charge in [-0.2, -0.15) is 0 Å². The van der Waals surface area contributed by atoms with Gasteiger partial charge in [0.15, 0.2) is 11.6 Å². The summed E-state index contributed by atoms with van der Waals surface area (Å²) in [5.74, 6) is -1.69. The Morgan fingerprint density at radius 1 is 1.38 bits per heavy atom. The number of ether oxygens (including phenoxy) is 1. The highest BCUT2D eigenvalue weighted by atomic mass is 19.2. The van der Waals surface area contributed by atoms with Crippen LogP contribution in [0.1, 0.15) is 38.4 Å². The summed E-state index contributed by atoms with van der Waals surface area (Å²) in [7, 11) is 0. The SMILES string of the molecule is CC(O)CC(C)CNC(=O)NC1CCOC1c1ccc(F)c(F)c1. The van der Waals surface area contributed by atoms with Crippen LogP contribution in [0.3, 0.4) is 0 Å². The second-order valence-corrected chi connectivity index (χ2v) is 6.40. The Labute approximate surface area is 140 Å². The van der Waals surface area contributed by atoms with Crippen LogP contribution in [0.5, 0.6) is 0 Å². The Morgan fingerprint density at radius 3 is 2.79 bits per heavy atom. The second kappa shape index (κ2) is 8.39. The highest BCUT2D eigenvalue weighted by molar-refractivity contribution is 5.74. The Morgan fingerprint density at radius 2 is 2.12 bits per heavy atom. The molecule has 1 heterocycles. The number of carbonyl (C=O) groups excluding carboxylic acids is 1. The zero-order valence-electron chi connectivity index (χ0n) is 13.9. The van der Waals surface area contributed by atoms with E-state index in [4.69, 9.17) is 4.74 Å². The minimum Gasteiger partial charge on any atom is -0.393 e. The zero-order valence-corrected chi connectivity index (χ0v) is 13.9. The molecule has 0 bridgehead atoms. The molecule has 24 heavy (non-hydrogen) atoms. The zero-order chi connectivity index (χ0) is 17.7. The van der Waals surface area contributed by atoms with Gasteiger partial charge in [0.2, 0.25) is 0 Å². The number of halogens is 2. The number of urea groups is 1. The number of aliphatic hydroxyl groups is 1. The minimum absolute atomic E-state index is 0.151. The molecular formula is C17H24F2N2O3. The highest BCUT2D eigenvalue weighted by Crippen LogP contribution is 2.30. The predicted molar refractivity (Wildman–Crippen MR) is 85.5 cm³/mol. The van der Waals surface area contributed by atoms with Crippen molar-refractivity contribution < 1.29 is 23.4 Å². The largest absolute Gasteiger partial charge is 0.393 e. The second-order valence-electron chi connectivity index (χ2n) is 6.40. The molecular weight excluding hydrogens is 318 g/mol.